The van der Waals surface area contributed by atoms with Crippen molar-refractivity contribution in [2.75, 3.05) is 18.2 Å². The van der Waals surface area contributed by atoms with Crippen LogP contribution in [0.4, 0.5) is 5.82 Å². The van der Waals surface area contributed by atoms with Crippen molar-refractivity contribution in [2.24, 2.45) is 0 Å². The standard InChI is InChI=1S/C20H16N4O4S2/c1-28-14-8-4-3-7-13(14)24-16(10-17(25)23-19(24)27)22-18(26)11-29-20-21-12-6-2-5-9-15(12)30-20/h2-10H,11H2,1H3,(H,22,26)(H,23,25,27). The summed E-state index contributed by atoms with van der Waals surface area (Å²) in [6.45, 7) is 0. The maximum Gasteiger partial charge on any atom is 0.334 e. The number of anilines is 1. The Bertz CT molecular complexity index is 1310. The highest BCUT2D eigenvalue weighted by molar-refractivity contribution is 8.01. The van der Waals surface area contributed by atoms with Crippen LogP contribution in [0, 0.1) is 0 Å². The number of amides is 1. The Labute approximate surface area is 178 Å². The summed E-state index contributed by atoms with van der Waals surface area (Å²) in [4.78, 5) is 43.6. The van der Waals surface area contributed by atoms with Crippen LogP contribution >= 0.6 is 23.1 Å². The summed E-state index contributed by atoms with van der Waals surface area (Å²) in [5, 5.41) is 2.65. The summed E-state index contributed by atoms with van der Waals surface area (Å²) in [6.07, 6.45) is 0. The van der Waals surface area contributed by atoms with Gasteiger partial charge in [-0.15, -0.1) is 11.3 Å². The number of carbonyl (C=O) groups excluding carboxylic acids is 1. The van der Waals surface area contributed by atoms with Gasteiger partial charge in [-0.1, -0.05) is 36.0 Å². The Hall–Kier alpha value is -3.37. The fourth-order valence-corrected chi connectivity index (χ4v) is 4.73. The number of nitrogens with one attached hydrogen (secondary N) is 2. The van der Waals surface area contributed by atoms with E-state index in [1.54, 1.807) is 24.3 Å². The normalized spacial score (nSPS) is 10.8. The van der Waals surface area contributed by atoms with Gasteiger partial charge in [0, 0.05) is 6.07 Å². The average molecular weight is 441 g/mol. The number of aromatic amines is 1. The minimum absolute atomic E-state index is 0.0585. The summed E-state index contributed by atoms with van der Waals surface area (Å²) in [6, 6.07) is 15.7. The van der Waals surface area contributed by atoms with E-state index < -0.39 is 11.2 Å². The summed E-state index contributed by atoms with van der Waals surface area (Å²) in [7, 11) is 1.47. The molecule has 2 heterocycles. The van der Waals surface area contributed by atoms with Crippen LogP contribution in [-0.2, 0) is 4.79 Å². The van der Waals surface area contributed by atoms with E-state index in [1.165, 1.54) is 34.8 Å². The summed E-state index contributed by atoms with van der Waals surface area (Å²) < 4.78 is 8.30. The van der Waals surface area contributed by atoms with Gasteiger partial charge in [-0.25, -0.2) is 14.3 Å². The SMILES string of the molecule is COc1ccccc1-n1c(NC(=O)CSc2nc3ccccc3s2)cc(=O)[nH]c1=O. The molecule has 0 atom stereocenters. The van der Waals surface area contributed by atoms with E-state index in [-0.39, 0.29) is 17.5 Å². The highest BCUT2D eigenvalue weighted by atomic mass is 32.2. The first-order chi connectivity index (χ1) is 14.5. The fourth-order valence-electron chi connectivity index (χ4n) is 2.86. The Morgan fingerprint density at radius 1 is 1.20 bits per heavy atom. The summed E-state index contributed by atoms with van der Waals surface area (Å²) in [5.41, 5.74) is -0.0122. The van der Waals surface area contributed by atoms with Crippen LogP contribution in [0.15, 0.2) is 68.5 Å². The molecule has 30 heavy (non-hydrogen) atoms. The number of H-pyrrole nitrogens is 1. The van der Waals surface area contributed by atoms with Crippen LogP contribution in [0.5, 0.6) is 5.75 Å². The van der Waals surface area contributed by atoms with E-state index in [1.807, 2.05) is 24.3 Å². The lowest BCUT2D eigenvalue weighted by Gasteiger charge is -2.15. The van der Waals surface area contributed by atoms with E-state index in [2.05, 4.69) is 15.3 Å². The minimum atomic E-state index is -0.680. The molecular formula is C20H16N4O4S2. The Morgan fingerprint density at radius 3 is 2.77 bits per heavy atom. The molecule has 0 spiro atoms. The highest BCUT2D eigenvalue weighted by Crippen LogP contribution is 2.29. The van der Waals surface area contributed by atoms with Gasteiger partial charge in [0.1, 0.15) is 11.6 Å². The Kier molecular flexibility index (Phi) is 5.68. The van der Waals surface area contributed by atoms with Gasteiger partial charge in [-0.05, 0) is 24.3 Å². The van der Waals surface area contributed by atoms with Crippen LogP contribution in [-0.4, -0.2) is 33.3 Å². The average Bonchev–Trinajstić information content (AvgIpc) is 3.15. The molecular weight excluding hydrogens is 424 g/mol. The van der Waals surface area contributed by atoms with Crippen LogP contribution in [0.25, 0.3) is 15.9 Å². The van der Waals surface area contributed by atoms with Crippen molar-refractivity contribution < 1.29 is 9.53 Å². The van der Waals surface area contributed by atoms with E-state index in [0.29, 0.717) is 11.4 Å². The fraction of sp³-hybridized carbons (Fsp3) is 0.100. The van der Waals surface area contributed by atoms with E-state index in [9.17, 15) is 14.4 Å². The molecule has 10 heteroatoms. The molecule has 8 nitrogen and oxygen atoms in total. The lowest BCUT2D eigenvalue weighted by molar-refractivity contribution is -0.113. The van der Waals surface area contributed by atoms with Crippen LogP contribution in [0.2, 0.25) is 0 Å². The molecule has 0 saturated heterocycles. The largest absolute Gasteiger partial charge is 0.495 e. The van der Waals surface area contributed by atoms with Gasteiger partial charge in [0.15, 0.2) is 4.34 Å². The molecule has 1 amide bonds. The number of ether oxygens (including phenoxy) is 1. The zero-order valence-electron chi connectivity index (χ0n) is 15.7. The smallest absolute Gasteiger partial charge is 0.334 e. The van der Waals surface area contributed by atoms with E-state index in [4.69, 9.17) is 4.74 Å². The summed E-state index contributed by atoms with van der Waals surface area (Å²) >= 11 is 2.79. The number of carbonyl (C=O) groups is 1. The van der Waals surface area contributed by atoms with Gasteiger partial charge in [0.25, 0.3) is 5.56 Å². The van der Waals surface area contributed by atoms with Crippen molar-refractivity contribution in [2.45, 2.75) is 4.34 Å². The third kappa shape index (κ3) is 4.14. The Balaban J connectivity index is 1.58. The number of thioether (sulfide) groups is 1. The number of thiazole rings is 1. The molecule has 0 bridgehead atoms. The van der Waals surface area contributed by atoms with Crippen molar-refractivity contribution in [1.82, 2.24) is 14.5 Å². The third-order valence-corrected chi connectivity index (χ3v) is 6.32. The van der Waals surface area contributed by atoms with Gasteiger partial charge >= 0.3 is 5.69 Å². The first-order valence-electron chi connectivity index (χ1n) is 8.83. The molecule has 0 radical (unpaired) electrons. The van der Waals surface area contributed by atoms with E-state index >= 15 is 0 Å². The number of fused-ring (bicyclic) bond motifs is 1. The molecule has 0 aliphatic heterocycles. The predicted molar refractivity (Wildman–Crippen MR) is 118 cm³/mol. The number of para-hydroxylation sites is 3. The molecule has 0 unspecified atom stereocenters. The molecule has 2 aromatic heterocycles. The van der Waals surface area contributed by atoms with Crippen LogP contribution < -0.4 is 21.3 Å². The number of benzene rings is 2. The first-order valence-corrected chi connectivity index (χ1v) is 10.6. The molecule has 0 fully saturated rings. The molecule has 0 aliphatic carbocycles. The molecule has 2 N–H and O–H groups in total. The second kappa shape index (κ2) is 8.56. The molecule has 0 aliphatic rings. The van der Waals surface area contributed by atoms with Crippen LogP contribution in [0.3, 0.4) is 0 Å². The maximum atomic E-state index is 12.5. The number of methoxy groups -OCH3 is 1. The predicted octanol–water partition coefficient (Wildman–Crippen LogP) is 2.87. The van der Waals surface area contributed by atoms with Gasteiger partial charge in [-0.2, -0.15) is 0 Å². The van der Waals surface area contributed by atoms with Crippen molar-refractivity contribution >= 4 is 45.0 Å². The zero-order valence-corrected chi connectivity index (χ0v) is 17.4. The summed E-state index contributed by atoms with van der Waals surface area (Å²) in [5.74, 6) is 0.189. The van der Waals surface area contributed by atoms with Crippen molar-refractivity contribution in [1.29, 1.82) is 0 Å². The number of hydrogen-bond donors (Lipinski definition) is 2. The molecule has 0 saturated carbocycles. The number of aromatic nitrogens is 3. The molecule has 4 aromatic rings. The second-order valence-corrected chi connectivity index (χ2v) is 8.37. The molecule has 152 valence electrons. The van der Waals surface area contributed by atoms with Gasteiger partial charge < -0.3 is 10.1 Å². The zero-order chi connectivity index (χ0) is 21.1. The maximum absolute atomic E-state index is 12.5. The van der Waals surface area contributed by atoms with E-state index in [0.717, 1.165) is 20.6 Å². The van der Waals surface area contributed by atoms with Gasteiger partial charge in [0.2, 0.25) is 5.91 Å². The van der Waals surface area contributed by atoms with Gasteiger partial charge in [0.05, 0.1) is 28.8 Å². The minimum Gasteiger partial charge on any atom is -0.495 e. The van der Waals surface area contributed by atoms with Gasteiger partial charge in [-0.3, -0.25) is 14.6 Å². The lowest BCUT2D eigenvalue weighted by atomic mass is 10.3. The number of rotatable bonds is 6. The van der Waals surface area contributed by atoms with Crippen LogP contribution in [0.1, 0.15) is 0 Å². The Morgan fingerprint density at radius 2 is 1.97 bits per heavy atom. The lowest BCUT2D eigenvalue weighted by Crippen LogP contribution is -2.32. The second-order valence-electron chi connectivity index (χ2n) is 6.12. The quantitative estimate of drug-likeness (QED) is 0.447. The molecule has 4 rings (SSSR count). The number of nitrogens with zero attached hydrogens (tertiary/aromatic N) is 2. The van der Waals surface area contributed by atoms with Crippen molar-refractivity contribution in [3.8, 4) is 11.4 Å². The molecule has 2 aromatic carbocycles. The van der Waals surface area contributed by atoms with Crippen molar-refractivity contribution in [3.05, 3.63) is 75.4 Å². The first kappa shape index (κ1) is 19.9. The number of hydrogen-bond acceptors (Lipinski definition) is 7. The van der Waals surface area contributed by atoms with Crippen molar-refractivity contribution in [3.63, 3.8) is 0 Å². The highest BCUT2D eigenvalue weighted by Gasteiger charge is 2.15. The monoisotopic (exact) mass is 440 g/mol. The topological polar surface area (TPSA) is 106 Å². The third-order valence-electron chi connectivity index (χ3n) is 4.14.